The number of Topliss-reactive ketones (excluding diaryl/α,β-unsaturated/α-hetero) is 1. The lowest BCUT2D eigenvalue weighted by atomic mass is 9.94. The van der Waals surface area contributed by atoms with E-state index in [2.05, 4.69) is 4.98 Å². The van der Waals surface area contributed by atoms with Crippen LogP contribution in [0.5, 0.6) is 5.75 Å². The number of nitrogens with zero attached hydrogens (tertiary/aromatic N) is 2. The van der Waals surface area contributed by atoms with Crippen LogP contribution in [-0.4, -0.2) is 33.8 Å². The van der Waals surface area contributed by atoms with E-state index in [4.69, 9.17) is 4.74 Å². The number of rotatable bonds is 6. The second kappa shape index (κ2) is 9.24. The Morgan fingerprint density at radius 2 is 1.76 bits per heavy atom. The Labute approximate surface area is 191 Å². The number of amides is 1. The van der Waals surface area contributed by atoms with Crippen LogP contribution in [-0.2, 0) is 22.6 Å². The number of pyridine rings is 1. The van der Waals surface area contributed by atoms with Crippen LogP contribution in [0.3, 0.4) is 0 Å². The average Bonchev–Trinajstić information content (AvgIpc) is 3.09. The van der Waals surface area contributed by atoms with Crippen LogP contribution in [0.1, 0.15) is 35.2 Å². The van der Waals surface area contributed by atoms with Crippen molar-refractivity contribution in [1.29, 1.82) is 0 Å². The summed E-state index contributed by atoms with van der Waals surface area (Å²) in [5, 5.41) is 11.1. The van der Waals surface area contributed by atoms with Gasteiger partial charge in [-0.3, -0.25) is 14.6 Å². The van der Waals surface area contributed by atoms with Crippen LogP contribution < -0.4 is 4.74 Å². The highest BCUT2D eigenvalue weighted by atomic mass is 19.1. The van der Waals surface area contributed by atoms with E-state index in [1.807, 2.05) is 31.2 Å². The molecular weight excluding hydrogens is 423 g/mol. The molecule has 4 rings (SSSR count). The van der Waals surface area contributed by atoms with E-state index in [1.165, 1.54) is 24.1 Å². The van der Waals surface area contributed by atoms with E-state index in [9.17, 15) is 19.1 Å². The molecule has 0 bridgehead atoms. The Morgan fingerprint density at radius 1 is 1.06 bits per heavy atom. The number of benzene rings is 2. The molecule has 33 heavy (non-hydrogen) atoms. The molecule has 0 unspecified atom stereocenters. The molecule has 1 fully saturated rings. The molecule has 3 aromatic rings. The van der Waals surface area contributed by atoms with Crippen molar-refractivity contribution in [2.75, 3.05) is 7.11 Å². The molecule has 6 nitrogen and oxygen atoms in total. The Bertz CT molecular complexity index is 1220. The topological polar surface area (TPSA) is 79.7 Å². The summed E-state index contributed by atoms with van der Waals surface area (Å²) in [5.74, 6) is -2.65. The minimum atomic E-state index is -0.825. The van der Waals surface area contributed by atoms with Crippen molar-refractivity contribution >= 4 is 17.4 Å². The Morgan fingerprint density at radius 3 is 2.36 bits per heavy atom. The molecule has 2 aromatic carbocycles. The van der Waals surface area contributed by atoms with E-state index in [1.54, 1.807) is 24.5 Å². The second-order valence-electron chi connectivity index (χ2n) is 7.73. The first-order chi connectivity index (χ1) is 15.9. The van der Waals surface area contributed by atoms with Crippen molar-refractivity contribution in [1.82, 2.24) is 9.88 Å². The number of aryl methyl sites for hydroxylation is 1. The summed E-state index contributed by atoms with van der Waals surface area (Å²) in [7, 11) is 1.34. The molecule has 1 aromatic heterocycles. The molecule has 1 N–H and O–H groups in total. The Kier molecular flexibility index (Phi) is 6.22. The molecule has 1 aliphatic rings. The van der Waals surface area contributed by atoms with Crippen LogP contribution in [0.2, 0.25) is 0 Å². The van der Waals surface area contributed by atoms with Gasteiger partial charge in [-0.2, -0.15) is 0 Å². The van der Waals surface area contributed by atoms with Gasteiger partial charge in [0, 0.05) is 24.5 Å². The predicted molar refractivity (Wildman–Crippen MR) is 121 cm³/mol. The number of halogens is 1. The fraction of sp³-hybridized carbons (Fsp3) is 0.192. The predicted octanol–water partition coefficient (Wildman–Crippen LogP) is 4.41. The average molecular weight is 446 g/mol. The monoisotopic (exact) mass is 446 g/mol. The summed E-state index contributed by atoms with van der Waals surface area (Å²) in [5.41, 5.74) is 2.57. The van der Waals surface area contributed by atoms with E-state index < -0.39 is 29.3 Å². The number of aliphatic hydroxyl groups is 1. The zero-order chi connectivity index (χ0) is 23.5. The second-order valence-corrected chi connectivity index (χ2v) is 7.73. The number of methoxy groups -OCH3 is 1. The van der Waals surface area contributed by atoms with Gasteiger partial charge in [-0.25, -0.2) is 4.39 Å². The summed E-state index contributed by atoms with van der Waals surface area (Å²) in [6.07, 6.45) is 4.05. The van der Waals surface area contributed by atoms with Crippen LogP contribution in [0, 0.1) is 5.82 Å². The van der Waals surface area contributed by atoms with E-state index in [0.29, 0.717) is 5.56 Å². The molecule has 0 radical (unpaired) electrons. The van der Waals surface area contributed by atoms with Crippen LogP contribution in [0.4, 0.5) is 4.39 Å². The number of carbonyl (C=O) groups is 2. The molecule has 168 valence electrons. The minimum Gasteiger partial charge on any atom is -0.507 e. The molecule has 1 atom stereocenters. The van der Waals surface area contributed by atoms with Crippen molar-refractivity contribution in [3.05, 3.63) is 101 Å². The van der Waals surface area contributed by atoms with Gasteiger partial charge in [-0.1, -0.05) is 31.2 Å². The maximum atomic E-state index is 14.3. The van der Waals surface area contributed by atoms with E-state index in [0.717, 1.165) is 23.6 Å². The quantitative estimate of drug-likeness (QED) is 0.345. The minimum absolute atomic E-state index is 0.0105. The Hall–Kier alpha value is -4.00. The van der Waals surface area contributed by atoms with Crippen LogP contribution in [0.25, 0.3) is 5.76 Å². The molecule has 0 spiro atoms. The molecule has 0 aliphatic carbocycles. The van der Waals surface area contributed by atoms with Gasteiger partial charge in [0.1, 0.15) is 5.76 Å². The van der Waals surface area contributed by atoms with Crippen molar-refractivity contribution in [2.45, 2.75) is 25.9 Å². The van der Waals surface area contributed by atoms with Gasteiger partial charge in [0.05, 0.1) is 18.7 Å². The number of ether oxygens (including phenoxy) is 1. The number of carbonyl (C=O) groups excluding carboxylic acids is 2. The van der Waals surface area contributed by atoms with Gasteiger partial charge in [-0.05, 0) is 53.4 Å². The van der Waals surface area contributed by atoms with Gasteiger partial charge < -0.3 is 14.7 Å². The summed E-state index contributed by atoms with van der Waals surface area (Å²) < 4.78 is 19.2. The zero-order valence-electron chi connectivity index (χ0n) is 18.3. The van der Waals surface area contributed by atoms with Crippen LogP contribution >= 0.6 is 0 Å². The third kappa shape index (κ3) is 4.22. The summed E-state index contributed by atoms with van der Waals surface area (Å²) in [6, 6.07) is 14.1. The van der Waals surface area contributed by atoms with Crippen LogP contribution in [0.15, 0.2) is 72.6 Å². The molecule has 1 saturated heterocycles. The lowest BCUT2D eigenvalue weighted by Crippen LogP contribution is -2.29. The van der Waals surface area contributed by atoms with Gasteiger partial charge in [0.15, 0.2) is 11.6 Å². The normalized spacial score (nSPS) is 17.4. The lowest BCUT2D eigenvalue weighted by Gasteiger charge is -2.25. The third-order valence-electron chi connectivity index (χ3n) is 5.77. The summed E-state index contributed by atoms with van der Waals surface area (Å²) in [4.78, 5) is 31.6. The fourth-order valence-electron chi connectivity index (χ4n) is 3.98. The largest absolute Gasteiger partial charge is 0.507 e. The first kappa shape index (κ1) is 22.2. The first-order valence-electron chi connectivity index (χ1n) is 10.5. The summed E-state index contributed by atoms with van der Waals surface area (Å²) in [6.45, 7) is 2.18. The number of aliphatic hydroxyl groups excluding tert-OH is 1. The number of hydrogen-bond donors (Lipinski definition) is 1. The van der Waals surface area contributed by atoms with E-state index in [-0.39, 0.29) is 23.4 Å². The number of aromatic nitrogens is 1. The molecule has 2 heterocycles. The number of likely N-dealkylation sites (tertiary alicyclic amines) is 1. The maximum absolute atomic E-state index is 14.3. The lowest BCUT2D eigenvalue weighted by molar-refractivity contribution is -0.140. The SMILES string of the molecule is CCc1ccc([C@@H]2C(=C(O)c3ccc(OC)c(F)c3)C(=O)C(=O)N2Cc2ccncc2)cc1. The van der Waals surface area contributed by atoms with Crippen molar-refractivity contribution in [3.63, 3.8) is 0 Å². The highest BCUT2D eigenvalue weighted by molar-refractivity contribution is 6.46. The van der Waals surface area contributed by atoms with Gasteiger partial charge >= 0.3 is 0 Å². The molecule has 0 saturated carbocycles. The van der Waals surface area contributed by atoms with Gasteiger partial charge in [0.2, 0.25) is 0 Å². The third-order valence-corrected chi connectivity index (χ3v) is 5.77. The molecule has 1 amide bonds. The van der Waals surface area contributed by atoms with Crippen molar-refractivity contribution < 1.29 is 23.8 Å². The molecule has 7 heteroatoms. The highest BCUT2D eigenvalue weighted by Gasteiger charge is 2.46. The van der Waals surface area contributed by atoms with Crippen molar-refractivity contribution in [3.8, 4) is 5.75 Å². The Balaban J connectivity index is 1.85. The standard InChI is InChI=1S/C26H23FN2O4/c1-3-16-4-6-18(7-5-16)23-22(24(30)19-8-9-21(33-2)20(27)14-19)25(31)26(32)29(23)15-17-10-12-28-13-11-17/h4-14,23,30H,3,15H2,1-2H3/t23-/m1/s1. The number of hydrogen-bond acceptors (Lipinski definition) is 5. The summed E-state index contributed by atoms with van der Waals surface area (Å²) >= 11 is 0. The smallest absolute Gasteiger partial charge is 0.295 e. The van der Waals surface area contributed by atoms with Gasteiger partial charge in [-0.15, -0.1) is 0 Å². The zero-order valence-corrected chi connectivity index (χ0v) is 18.3. The molecule has 1 aliphatic heterocycles. The van der Waals surface area contributed by atoms with E-state index >= 15 is 0 Å². The number of ketones is 1. The maximum Gasteiger partial charge on any atom is 0.295 e. The molecular formula is C26H23FN2O4. The highest BCUT2D eigenvalue weighted by Crippen LogP contribution is 2.40. The van der Waals surface area contributed by atoms with Crippen molar-refractivity contribution in [2.24, 2.45) is 0 Å². The van der Waals surface area contributed by atoms with Gasteiger partial charge in [0.25, 0.3) is 11.7 Å². The fourth-order valence-corrected chi connectivity index (χ4v) is 3.98. The first-order valence-corrected chi connectivity index (χ1v) is 10.5.